The molecule has 0 unspecified atom stereocenters. The van der Waals surface area contributed by atoms with Crippen LogP contribution in [0.3, 0.4) is 0 Å². The molecule has 0 aliphatic heterocycles. The van der Waals surface area contributed by atoms with Gasteiger partial charge in [0.2, 0.25) is 5.95 Å². The predicted molar refractivity (Wildman–Crippen MR) is 584 cm³/mol. The van der Waals surface area contributed by atoms with E-state index >= 15 is 0 Å². The van der Waals surface area contributed by atoms with E-state index in [1.165, 1.54) is 87.8 Å². The lowest BCUT2D eigenvalue weighted by molar-refractivity contribution is 0.673. The van der Waals surface area contributed by atoms with Crippen LogP contribution >= 0.6 is 34.0 Å². The van der Waals surface area contributed by atoms with Crippen molar-refractivity contribution in [1.82, 2.24) is 43.6 Å². The summed E-state index contributed by atoms with van der Waals surface area (Å²) in [7, 11) is 0. The first-order chi connectivity index (χ1) is 68.9. The molecule has 29 rings (SSSR count). The van der Waals surface area contributed by atoms with Gasteiger partial charge in [-0.2, -0.15) is 0 Å². The summed E-state index contributed by atoms with van der Waals surface area (Å²) in [6.07, 6.45) is 0. The van der Waals surface area contributed by atoms with Gasteiger partial charge >= 0.3 is 0 Å². The van der Waals surface area contributed by atoms with Gasteiger partial charge in [-0.3, -0.25) is 4.57 Å². The minimum atomic E-state index is 0.616. The summed E-state index contributed by atoms with van der Waals surface area (Å²) in [4.78, 5) is 31.7. The largest absolute Gasteiger partial charge is 0.455 e. The van der Waals surface area contributed by atoms with E-state index in [4.69, 9.17) is 34.3 Å². The molecule has 10 heterocycles. The first kappa shape index (κ1) is 80.9. The Morgan fingerprint density at radius 2 is 0.583 bits per heavy atom. The second kappa shape index (κ2) is 33.7. The highest BCUT2D eigenvalue weighted by atomic mass is 32.1. The Morgan fingerprint density at radius 3 is 1.27 bits per heavy atom. The van der Waals surface area contributed by atoms with Crippen LogP contribution in [0.5, 0.6) is 0 Å². The standard InChI is InChI=1S/C46H27N3OS.2C40H25N3S/c1-2-12-28(13-3-1)29-14-10-15-30(26-29)36-27-37(33-19-11-23-42-43(33)35-18-6-9-22-41(35)51-42)48-46(47-36)49-38-20-7-4-17-34(38)44-39(49)25-24-32-31-16-5-8-21-40(31)50-45(32)44;1-3-12-26(13-4-1)33-25-34(27-22-23-38-32(24-27)29-16-8-10-21-37(29)44-38)42-40(41-33)31-18-11-20-36-39(31)30-17-7-9-19-35(30)43(36)28-14-5-2-6-15-28;1-3-11-26(12-4-1)34-25-35(27-19-22-33-32-16-8-10-18-38(32)44-39(33)24-27)42-40(41-34)28-20-21-31-30-15-7-9-17-36(30)43(37(31)23-28)29-13-5-2-6-14-29/h1-27H;2*1-25H. The number of rotatable bonds is 12. The third-order valence-corrected chi connectivity index (χ3v) is 30.3. The van der Waals surface area contributed by atoms with Crippen molar-refractivity contribution in [3.8, 4) is 119 Å². The van der Waals surface area contributed by atoms with E-state index in [1.807, 2.05) is 58.3 Å². The van der Waals surface area contributed by atoms with Gasteiger partial charge in [-0.1, -0.05) is 328 Å². The molecule has 19 aromatic carbocycles. The van der Waals surface area contributed by atoms with E-state index in [9.17, 15) is 0 Å². The third-order valence-electron chi connectivity index (χ3n) is 26.9. The number of fused-ring (bicyclic) bond motifs is 22. The van der Waals surface area contributed by atoms with E-state index < -0.39 is 0 Å². The summed E-state index contributed by atoms with van der Waals surface area (Å²) in [6, 6.07) is 165. The molecule has 0 aliphatic rings. The fourth-order valence-electron chi connectivity index (χ4n) is 20.5. The van der Waals surface area contributed by atoms with Gasteiger partial charge < -0.3 is 13.6 Å². The van der Waals surface area contributed by atoms with Gasteiger partial charge in [-0.05, 0) is 151 Å². The van der Waals surface area contributed by atoms with Crippen LogP contribution < -0.4 is 0 Å². The number of aromatic nitrogens is 9. The van der Waals surface area contributed by atoms with Crippen LogP contribution in [0.4, 0.5) is 0 Å². The molecule has 0 bridgehead atoms. The fraction of sp³-hybridized carbons (Fsp3) is 0. The molecule has 0 aliphatic carbocycles. The third kappa shape index (κ3) is 14.1. The Morgan fingerprint density at radius 1 is 0.180 bits per heavy atom. The highest BCUT2D eigenvalue weighted by Crippen LogP contribution is 2.48. The molecular weight excluding hydrogens is 1750 g/mol. The second-order valence-electron chi connectivity index (χ2n) is 35.0. The number of thiophene rings is 3. The van der Waals surface area contributed by atoms with Crippen molar-refractivity contribution in [2.45, 2.75) is 0 Å². The number of para-hydroxylation sites is 6. The average molecular weight is 1830 g/mol. The zero-order valence-electron chi connectivity index (χ0n) is 74.6. The predicted octanol–water partition coefficient (Wildman–Crippen LogP) is 34.7. The highest BCUT2D eigenvalue weighted by Gasteiger charge is 2.26. The summed E-state index contributed by atoms with van der Waals surface area (Å²) in [5.41, 5.74) is 26.8. The number of benzene rings is 19. The van der Waals surface area contributed by atoms with Crippen LogP contribution in [0, 0.1) is 0 Å². The smallest absolute Gasteiger partial charge is 0.235 e. The maximum absolute atomic E-state index is 6.59. The van der Waals surface area contributed by atoms with Gasteiger partial charge in [0, 0.05) is 154 Å². The van der Waals surface area contributed by atoms with Crippen molar-refractivity contribution in [1.29, 1.82) is 0 Å². The van der Waals surface area contributed by atoms with Gasteiger partial charge in [0.05, 0.1) is 72.6 Å². The molecule has 29 aromatic rings. The molecule has 0 spiro atoms. The molecule has 0 saturated heterocycles. The molecule has 0 N–H and O–H groups in total. The first-order valence-electron chi connectivity index (χ1n) is 46.6. The average Bonchev–Trinajstić information content (AvgIpc) is 1.55. The molecule has 139 heavy (non-hydrogen) atoms. The molecule has 0 amide bonds. The van der Waals surface area contributed by atoms with Crippen molar-refractivity contribution in [3.05, 3.63) is 467 Å². The molecule has 0 saturated carbocycles. The molecule has 0 atom stereocenters. The van der Waals surface area contributed by atoms with Gasteiger partial charge in [-0.15, -0.1) is 34.0 Å². The molecule has 10 aromatic heterocycles. The summed E-state index contributed by atoms with van der Waals surface area (Å²) in [5.74, 6) is 2.05. The van der Waals surface area contributed by atoms with Crippen LogP contribution in [0.25, 0.3) is 267 Å². The van der Waals surface area contributed by atoms with Crippen LogP contribution in [0.1, 0.15) is 0 Å². The lowest BCUT2D eigenvalue weighted by atomic mass is 9.99. The Labute approximate surface area is 809 Å². The van der Waals surface area contributed by atoms with Gasteiger partial charge in [0.25, 0.3) is 0 Å². The van der Waals surface area contributed by atoms with E-state index in [-0.39, 0.29) is 0 Å². The van der Waals surface area contributed by atoms with Crippen LogP contribution in [-0.2, 0) is 0 Å². The summed E-state index contributed by atoms with van der Waals surface area (Å²) < 4.78 is 21.1. The van der Waals surface area contributed by atoms with Gasteiger partial charge in [0.1, 0.15) is 11.2 Å². The molecule has 0 fully saturated rings. The zero-order chi connectivity index (χ0) is 91.5. The SMILES string of the molecule is c1ccc(-c2cc(-c3ccc4c(c3)sc3ccccc34)nc(-c3ccc4c5ccccc5n(-c5ccccc5)c4c3)n2)cc1.c1ccc(-c2cc(-c3ccc4sc5ccccc5c4c3)nc(-c3cccc4c3c3ccccc3n4-c3ccccc3)n2)cc1.c1ccc(-c2cccc(-c3cc(-c4cccc5sc6ccccc6c45)nc(-n4c5ccccc5c5c6oc7ccccc7c6ccc54)n3)c2)cc1. The second-order valence-corrected chi connectivity index (χ2v) is 38.3. The topological polar surface area (TPSA) is 105 Å². The zero-order valence-corrected chi connectivity index (χ0v) is 77.1. The lowest BCUT2D eigenvalue weighted by Gasteiger charge is -2.13. The molecular formula is C126H77N9OS3. The van der Waals surface area contributed by atoms with Crippen molar-refractivity contribution in [2.24, 2.45) is 0 Å². The minimum Gasteiger partial charge on any atom is -0.455 e. The normalized spacial score (nSPS) is 11.7. The molecule has 10 nitrogen and oxygen atoms in total. The maximum Gasteiger partial charge on any atom is 0.235 e. The quantitative estimate of drug-likeness (QED) is 0.120. The van der Waals surface area contributed by atoms with Crippen molar-refractivity contribution in [2.75, 3.05) is 0 Å². The summed E-state index contributed by atoms with van der Waals surface area (Å²) >= 11 is 5.48. The number of hydrogen-bond donors (Lipinski definition) is 0. The fourth-order valence-corrected chi connectivity index (χ4v) is 23.9. The number of nitrogens with zero attached hydrogens (tertiary/aromatic N) is 9. The minimum absolute atomic E-state index is 0.616. The molecule has 0 radical (unpaired) electrons. The van der Waals surface area contributed by atoms with Crippen molar-refractivity contribution in [3.63, 3.8) is 0 Å². The monoisotopic (exact) mass is 1830 g/mol. The van der Waals surface area contributed by atoms with Gasteiger partial charge in [-0.25, -0.2) is 29.9 Å². The summed E-state index contributed by atoms with van der Waals surface area (Å²) in [6.45, 7) is 0. The Balaban J connectivity index is 0.000000105. The number of furan rings is 1. The maximum atomic E-state index is 6.59. The van der Waals surface area contributed by atoms with E-state index in [0.29, 0.717) is 11.8 Å². The Hall–Kier alpha value is -17.7. The van der Waals surface area contributed by atoms with Crippen LogP contribution in [-0.4, -0.2) is 43.6 Å². The van der Waals surface area contributed by atoms with Crippen LogP contribution in [0.2, 0.25) is 0 Å². The Kier molecular flexibility index (Phi) is 19.6. The first-order valence-corrected chi connectivity index (χ1v) is 49.0. The summed E-state index contributed by atoms with van der Waals surface area (Å²) in [5, 5.41) is 16.7. The van der Waals surface area contributed by atoms with E-state index in [2.05, 4.69) is 457 Å². The molecule has 650 valence electrons. The number of hydrogen-bond acceptors (Lipinski definition) is 10. The van der Waals surface area contributed by atoms with Crippen LogP contribution in [0.15, 0.2) is 472 Å². The van der Waals surface area contributed by atoms with E-state index in [0.717, 1.165) is 167 Å². The Bertz CT molecular complexity index is 9930. The van der Waals surface area contributed by atoms with E-state index in [1.54, 1.807) is 0 Å². The van der Waals surface area contributed by atoms with Crippen molar-refractivity contribution < 1.29 is 4.42 Å². The molecule has 13 heteroatoms. The lowest BCUT2D eigenvalue weighted by Crippen LogP contribution is -2.04. The van der Waals surface area contributed by atoms with Gasteiger partial charge in [0.15, 0.2) is 11.6 Å². The van der Waals surface area contributed by atoms with Crippen molar-refractivity contribution >= 4 is 182 Å². The highest BCUT2D eigenvalue weighted by molar-refractivity contribution is 7.26.